The molecule has 2 saturated carbocycles. The number of carbonyl (C=O) groups excluding carboxylic acids is 2. The second kappa shape index (κ2) is 10.0. The van der Waals surface area contributed by atoms with Crippen LogP contribution in [0.15, 0.2) is 24.5 Å². The molecule has 2 aliphatic rings. The van der Waals surface area contributed by atoms with Crippen LogP contribution >= 0.6 is 0 Å². The van der Waals surface area contributed by atoms with Gasteiger partial charge in [0.2, 0.25) is 5.91 Å². The number of aryl methyl sites for hydroxylation is 1. The summed E-state index contributed by atoms with van der Waals surface area (Å²) in [6.07, 6.45) is -0.182. The Bertz CT molecular complexity index is 1340. The number of fused-ring (bicyclic) bond motifs is 1. The number of H-pyrrole nitrogens is 1. The molecule has 5 rings (SSSR count). The van der Waals surface area contributed by atoms with Crippen molar-refractivity contribution in [2.45, 2.75) is 64.2 Å². The molecule has 3 unspecified atom stereocenters. The molecule has 8 nitrogen and oxygen atoms in total. The molecule has 196 valence electrons. The Labute approximate surface area is 211 Å². The summed E-state index contributed by atoms with van der Waals surface area (Å²) >= 11 is 0. The van der Waals surface area contributed by atoms with E-state index >= 15 is 0 Å². The number of aromatic nitrogens is 3. The van der Waals surface area contributed by atoms with E-state index in [0.717, 1.165) is 12.8 Å². The van der Waals surface area contributed by atoms with Gasteiger partial charge in [-0.25, -0.2) is 23.1 Å². The summed E-state index contributed by atoms with van der Waals surface area (Å²) < 4.78 is 47.6. The van der Waals surface area contributed by atoms with E-state index in [1.54, 1.807) is 6.92 Å². The van der Waals surface area contributed by atoms with Crippen molar-refractivity contribution in [3.05, 3.63) is 41.3 Å². The average Bonchev–Trinajstić information content (AvgIpc) is 3.52. The van der Waals surface area contributed by atoms with Gasteiger partial charge in [-0.1, -0.05) is 0 Å². The maximum absolute atomic E-state index is 14.6. The molecule has 2 heterocycles. The van der Waals surface area contributed by atoms with E-state index in [-0.39, 0.29) is 35.9 Å². The van der Waals surface area contributed by atoms with Gasteiger partial charge >= 0.3 is 0 Å². The first-order chi connectivity index (χ1) is 17.7. The first-order valence-electron chi connectivity index (χ1n) is 12.3. The number of hydrogen-bond acceptors (Lipinski definition) is 5. The molecule has 3 atom stereocenters. The lowest BCUT2D eigenvalue weighted by atomic mass is 10.0. The van der Waals surface area contributed by atoms with Crippen LogP contribution in [0.5, 0.6) is 5.75 Å². The molecule has 2 amide bonds. The third-order valence-electron chi connectivity index (χ3n) is 6.89. The zero-order chi connectivity index (χ0) is 26.3. The Kier molecular flexibility index (Phi) is 6.78. The van der Waals surface area contributed by atoms with E-state index in [1.807, 2.05) is 0 Å². The van der Waals surface area contributed by atoms with Crippen molar-refractivity contribution < 1.29 is 27.5 Å². The van der Waals surface area contributed by atoms with Crippen molar-refractivity contribution in [1.29, 1.82) is 0 Å². The summed E-state index contributed by atoms with van der Waals surface area (Å²) in [6, 6.07) is 3.08. The highest BCUT2D eigenvalue weighted by Crippen LogP contribution is 2.38. The smallest absolute Gasteiger partial charge is 0.263 e. The lowest BCUT2D eigenvalue weighted by Crippen LogP contribution is -2.39. The van der Waals surface area contributed by atoms with Crippen LogP contribution < -0.4 is 15.4 Å². The number of alkyl halides is 3. The van der Waals surface area contributed by atoms with Crippen molar-refractivity contribution in [2.75, 3.05) is 6.61 Å². The van der Waals surface area contributed by atoms with Crippen molar-refractivity contribution in [3.63, 3.8) is 0 Å². The summed E-state index contributed by atoms with van der Waals surface area (Å²) in [6.45, 7) is 3.53. The van der Waals surface area contributed by atoms with Crippen molar-refractivity contribution in [3.8, 4) is 17.0 Å². The lowest BCUT2D eigenvalue weighted by Gasteiger charge is -2.15. The highest BCUT2D eigenvalue weighted by molar-refractivity contribution is 6.09. The molecule has 0 saturated heterocycles. The van der Waals surface area contributed by atoms with Gasteiger partial charge in [-0.2, -0.15) is 0 Å². The fourth-order valence-corrected chi connectivity index (χ4v) is 4.87. The minimum Gasteiger partial charge on any atom is -0.493 e. The van der Waals surface area contributed by atoms with Gasteiger partial charge in [0.15, 0.2) is 0 Å². The molecule has 3 aromatic rings. The van der Waals surface area contributed by atoms with Crippen LogP contribution in [0.3, 0.4) is 0 Å². The standard InChI is InChI=1S/C26H28F3N5O3/c1-12-21(26(36)34-19-9-16(8-18(19)27)33-13(2)35)23-24(32-12)22(30-11-31-23)17-7-15(25(28)29)5-6-20(17)37-10-14-3-4-14/h5-7,11,14,16,18-19,25,32H,3-4,8-10H2,1-2H3,(H,33,35)(H,34,36). The first kappa shape index (κ1) is 25.0. The number of halogens is 3. The molecule has 37 heavy (non-hydrogen) atoms. The lowest BCUT2D eigenvalue weighted by molar-refractivity contribution is -0.119. The minimum atomic E-state index is -2.68. The Morgan fingerprint density at radius 1 is 1.19 bits per heavy atom. The number of amides is 2. The molecule has 3 N–H and O–H groups in total. The van der Waals surface area contributed by atoms with Crippen LogP contribution in [0.25, 0.3) is 22.3 Å². The minimum absolute atomic E-state index is 0.119. The number of ether oxygens (including phenoxy) is 1. The van der Waals surface area contributed by atoms with E-state index in [0.29, 0.717) is 46.3 Å². The largest absolute Gasteiger partial charge is 0.493 e. The molecule has 2 aromatic heterocycles. The van der Waals surface area contributed by atoms with Gasteiger partial charge in [0, 0.05) is 36.2 Å². The maximum atomic E-state index is 14.6. The predicted octanol–water partition coefficient (Wildman–Crippen LogP) is 4.39. The Balaban J connectivity index is 1.47. The van der Waals surface area contributed by atoms with Crippen molar-refractivity contribution in [2.24, 2.45) is 5.92 Å². The summed E-state index contributed by atoms with van der Waals surface area (Å²) in [5, 5.41) is 5.43. The van der Waals surface area contributed by atoms with Crippen LogP contribution in [0, 0.1) is 12.8 Å². The highest BCUT2D eigenvalue weighted by atomic mass is 19.3. The molecule has 0 aliphatic heterocycles. The molecule has 0 spiro atoms. The van der Waals surface area contributed by atoms with Gasteiger partial charge in [-0.05, 0) is 50.3 Å². The molecular formula is C26H28F3N5O3. The average molecular weight is 516 g/mol. The number of carbonyl (C=O) groups is 2. The van der Waals surface area contributed by atoms with Crippen LogP contribution in [0.4, 0.5) is 13.2 Å². The van der Waals surface area contributed by atoms with E-state index in [9.17, 15) is 22.8 Å². The molecule has 0 bridgehead atoms. The number of aromatic amines is 1. The van der Waals surface area contributed by atoms with Gasteiger partial charge in [0.05, 0.1) is 23.7 Å². The van der Waals surface area contributed by atoms with Crippen molar-refractivity contribution >= 4 is 22.8 Å². The summed E-state index contributed by atoms with van der Waals surface area (Å²) in [5.41, 5.74) is 1.92. The van der Waals surface area contributed by atoms with Crippen LogP contribution in [0.2, 0.25) is 0 Å². The third-order valence-corrected chi connectivity index (χ3v) is 6.89. The Hall–Kier alpha value is -3.63. The molecule has 1 aromatic carbocycles. The number of benzene rings is 1. The zero-order valence-electron chi connectivity index (χ0n) is 20.5. The second-order valence-electron chi connectivity index (χ2n) is 9.85. The first-order valence-corrected chi connectivity index (χ1v) is 12.3. The number of nitrogens with zero attached hydrogens (tertiary/aromatic N) is 2. The highest BCUT2D eigenvalue weighted by Gasteiger charge is 2.36. The predicted molar refractivity (Wildman–Crippen MR) is 130 cm³/mol. The summed E-state index contributed by atoms with van der Waals surface area (Å²) in [7, 11) is 0. The van der Waals surface area contributed by atoms with Crippen LogP contribution in [0.1, 0.15) is 60.6 Å². The molecule has 0 radical (unpaired) electrons. The summed E-state index contributed by atoms with van der Waals surface area (Å²) in [4.78, 5) is 36.3. The maximum Gasteiger partial charge on any atom is 0.263 e. The van der Waals surface area contributed by atoms with Crippen LogP contribution in [-0.2, 0) is 4.79 Å². The molecule has 11 heteroatoms. The van der Waals surface area contributed by atoms with E-state index < -0.39 is 24.5 Å². The van der Waals surface area contributed by atoms with E-state index in [1.165, 1.54) is 31.5 Å². The monoisotopic (exact) mass is 515 g/mol. The SMILES string of the molecule is CC(=O)NC1CC(F)C(NC(=O)c2c(C)[nH]c3c(-c4cc(C(F)F)ccc4OCC4CC4)ncnc23)C1. The van der Waals surface area contributed by atoms with Crippen LogP contribution in [-0.4, -0.2) is 51.6 Å². The molecule has 2 aliphatic carbocycles. The second-order valence-corrected chi connectivity index (χ2v) is 9.85. The normalized spacial score (nSPS) is 21.4. The number of rotatable bonds is 8. The van der Waals surface area contributed by atoms with Gasteiger partial charge in [0.1, 0.15) is 29.5 Å². The topological polar surface area (TPSA) is 109 Å². The van der Waals surface area contributed by atoms with Crippen molar-refractivity contribution in [1.82, 2.24) is 25.6 Å². The Morgan fingerprint density at radius 2 is 1.97 bits per heavy atom. The number of nitrogens with one attached hydrogen (secondary N) is 3. The Morgan fingerprint density at radius 3 is 2.68 bits per heavy atom. The quantitative estimate of drug-likeness (QED) is 0.412. The van der Waals surface area contributed by atoms with E-state index in [4.69, 9.17) is 4.74 Å². The van der Waals surface area contributed by atoms with Gasteiger partial charge in [0.25, 0.3) is 12.3 Å². The van der Waals surface area contributed by atoms with Gasteiger partial charge < -0.3 is 20.4 Å². The fourth-order valence-electron chi connectivity index (χ4n) is 4.87. The van der Waals surface area contributed by atoms with Gasteiger partial charge in [-0.15, -0.1) is 0 Å². The molecular weight excluding hydrogens is 487 g/mol. The van der Waals surface area contributed by atoms with E-state index in [2.05, 4.69) is 25.6 Å². The zero-order valence-corrected chi connectivity index (χ0v) is 20.5. The number of hydrogen-bond donors (Lipinski definition) is 3. The molecule has 2 fully saturated rings. The third kappa shape index (κ3) is 5.26. The van der Waals surface area contributed by atoms with Gasteiger partial charge in [-0.3, -0.25) is 9.59 Å². The summed E-state index contributed by atoms with van der Waals surface area (Å²) in [5.74, 6) is 0.106. The fraction of sp³-hybridized carbons (Fsp3) is 0.462.